The maximum Gasteiger partial charge on any atom is 0.122 e. The zero-order valence-electron chi connectivity index (χ0n) is 7.94. The standard InChI is InChI=1S/C11H10BrNOS/c12-8-4-11(15-7-8)6-14-10-3-1-2-9(13)5-10/h1-5,7H,6,13H2. The Hall–Kier alpha value is -1.000. The molecule has 1 heterocycles. The highest BCUT2D eigenvalue weighted by Gasteiger charge is 1.99. The predicted octanol–water partition coefficient (Wildman–Crippen LogP) is 3.67. The first kappa shape index (κ1) is 10.5. The lowest BCUT2D eigenvalue weighted by molar-refractivity contribution is 0.310. The normalized spacial score (nSPS) is 10.2. The molecule has 2 rings (SSSR count). The van der Waals surface area contributed by atoms with E-state index in [9.17, 15) is 0 Å². The highest BCUT2D eigenvalue weighted by Crippen LogP contribution is 2.22. The maximum absolute atomic E-state index is 5.65. The van der Waals surface area contributed by atoms with Gasteiger partial charge in [0.1, 0.15) is 12.4 Å². The van der Waals surface area contributed by atoms with Crippen molar-refractivity contribution in [3.63, 3.8) is 0 Å². The Kier molecular flexibility index (Phi) is 3.28. The van der Waals surface area contributed by atoms with Crippen LogP contribution in [0.1, 0.15) is 4.88 Å². The smallest absolute Gasteiger partial charge is 0.122 e. The molecule has 0 aliphatic rings. The van der Waals surface area contributed by atoms with E-state index in [0.29, 0.717) is 6.61 Å². The zero-order chi connectivity index (χ0) is 10.7. The van der Waals surface area contributed by atoms with Crippen LogP contribution in [0.2, 0.25) is 0 Å². The number of nitrogens with two attached hydrogens (primary N) is 1. The third-order valence-corrected chi connectivity index (χ3v) is 3.53. The average molecular weight is 284 g/mol. The summed E-state index contributed by atoms with van der Waals surface area (Å²) in [4.78, 5) is 1.18. The minimum Gasteiger partial charge on any atom is -0.488 e. The van der Waals surface area contributed by atoms with Crippen molar-refractivity contribution in [3.8, 4) is 5.75 Å². The van der Waals surface area contributed by atoms with E-state index in [0.717, 1.165) is 15.9 Å². The molecule has 0 amide bonds. The molecule has 1 aromatic heterocycles. The van der Waals surface area contributed by atoms with E-state index in [-0.39, 0.29) is 0 Å². The van der Waals surface area contributed by atoms with Crippen molar-refractivity contribution in [2.75, 3.05) is 5.73 Å². The Morgan fingerprint density at radius 2 is 2.20 bits per heavy atom. The van der Waals surface area contributed by atoms with Crippen molar-refractivity contribution >= 4 is 33.0 Å². The van der Waals surface area contributed by atoms with Gasteiger partial charge in [0.25, 0.3) is 0 Å². The fraction of sp³-hybridized carbons (Fsp3) is 0.0909. The zero-order valence-corrected chi connectivity index (χ0v) is 10.3. The molecule has 4 heteroatoms. The van der Waals surface area contributed by atoms with Gasteiger partial charge in [0.15, 0.2) is 0 Å². The van der Waals surface area contributed by atoms with Crippen LogP contribution >= 0.6 is 27.3 Å². The number of ether oxygens (including phenoxy) is 1. The number of halogens is 1. The number of benzene rings is 1. The molecule has 0 bridgehead atoms. The quantitative estimate of drug-likeness (QED) is 0.873. The molecule has 15 heavy (non-hydrogen) atoms. The van der Waals surface area contributed by atoms with Crippen LogP contribution in [0.25, 0.3) is 0 Å². The third-order valence-electron chi connectivity index (χ3n) is 1.86. The first-order valence-electron chi connectivity index (χ1n) is 4.45. The van der Waals surface area contributed by atoms with E-state index < -0.39 is 0 Å². The van der Waals surface area contributed by atoms with Crippen molar-refractivity contribution < 1.29 is 4.74 Å². The van der Waals surface area contributed by atoms with Gasteiger partial charge in [0.2, 0.25) is 0 Å². The fourth-order valence-corrected chi connectivity index (χ4v) is 2.55. The molecule has 2 nitrogen and oxygen atoms in total. The second kappa shape index (κ2) is 4.68. The second-order valence-electron chi connectivity index (χ2n) is 3.09. The van der Waals surface area contributed by atoms with Gasteiger partial charge in [0, 0.05) is 26.5 Å². The Labute approximate surface area is 101 Å². The van der Waals surface area contributed by atoms with Gasteiger partial charge in [-0.05, 0) is 34.1 Å². The molecular formula is C11H10BrNOS. The minimum atomic E-state index is 0.583. The maximum atomic E-state index is 5.65. The summed E-state index contributed by atoms with van der Waals surface area (Å²) in [6.07, 6.45) is 0. The molecule has 0 saturated heterocycles. The summed E-state index contributed by atoms with van der Waals surface area (Å²) >= 11 is 5.07. The monoisotopic (exact) mass is 283 g/mol. The molecule has 0 radical (unpaired) electrons. The number of thiophene rings is 1. The molecule has 0 aliphatic heterocycles. The first-order chi connectivity index (χ1) is 7.24. The SMILES string of the molecule is Nc1cccc(OCc2cc(Br)cs2)c1. The molecule has 0 atom stereocenters. The Balaban J connectivity index is 1.99. The van der Waals surface area contributed by atoms with Crippen molar-refractivity contribution in [2.45, 2.75) is 6.61 Å². The second-order valence-corrected chi connectivity index (χ2v) is 5.00. The average Bonchev–Trinajstić information content (AvgIpc) is 2.62. The molecule has 0 spiro atoms. The number of hydrogen-bond donors (Lipinski definition) is 1. The molecule has 0 aliphatic carbocycles. The van der Waals surface area contributed by atoms with Gasteiger partial charge in [-0.3, -0.25) is 0 Å². The lowest BCUT2D eigenvalue weighted by Crippen LogP contribution is -1.93. The van der Waals surface area contributed by atoms with Crippen LogP contribution in [-0.4, -0.2) is 0 Å². The Morgan fingerprint density at radius 1 is 1.33 bits per heavy atom. The van der Waals surface area contributed by atoms with Crippen LogP contribution in [0.3, 0.4) is 0 Å². The van der Waals surface area contributed by atoms with Gasteiger partial charge < -0.3 is 10.5 Å². The van der Waals surface area contributed by atoms with Crippen LogP contribution in [0, 0.1) is 0 Å². The Morgan fingerprint density at radius 3 is 2.87 bits per heavy atom. The van der Waals surface area contributed by atoms with E-state index in [1.165, 1.54) is 4.88 Å². The summed E-state index contributed by atoms with van der Waals surface area (Å²) in [7, 11) is 0. The van der Waals surface area contributed by atoms with Gasteiger partial charge in [-0.25, -0.2) is 0 Å². The summed E-state index contributed by atoms with van der Waals surface area (Å²) in [6, 6.07) is 9.50. The van der Waals surface area contributed by atoms with Crippen molar-refractivity contribution in [2.24, 2.45) is 0 Å². The first-order valence-corrected chi connectivity index (χ1v) is 6.12. The highest BCUT2D eigenvalue weighted by molar-refractivity contribution is 9.10. The molecule has 0 fully saturated rings. The molecule has 1 aromatic carbocycles. The lowest BCUT2D eigenvalue weighted by Gasteiger charge is -2.04. The van der Waals surface area contributed by atoms with E-state index in [2.05, 4.69) is 22.0 Å². The topological polar surface area (TPSA) is 35.2 Å². The van der Waals surface area contributed by atoms with Crippen LogP contribution in [0.15, 0.2) is 40.2 Å². The van der Waals surface area contributed by atoms with Crippen LogP contribution in [0.5, 0.6) is 5.75 Å². The molecule has 0 saturated carbocycles. The molecule has 78 valence electrons. The van der Waals surface area contributed by atoms with Crippen LogP contribution < -0.4 is 10.5 Å². The molecule has 0 unspecified atom stereocenters. The third kappa shape index (κ3) is 2.97. The highest BCUT2D eigenvalue weighted by atomic mass is 79.9. The van der Waals surface area contributed by atoms with E-state index in [1.807, 2.05) is 29.6 Å². The van der Waals surface area contributed by atoms with Gasteiger partial charge in [-0.2, -0.15) is 0 Å². The number of anilines is 1. The van der Waals surface area contributed by atoms with Gasteiger partial charge >= 0.3 is 0 Å². The fourth-order valence-electron chi connectivity index (χ4n) is 1.19. The van der Waals surface area contributed by atoms with Crippen molar-refractivity contribution in [1.29, 1.82) is 0 Å². The molecule has 2 N–H and O–H groups in total. The van der Waals surface area contributed by atoms with Crippen LogP contribution in [-0.2, 0) is 6.61 Å². The predicted molar refractivity (Wildman–Crippen MR) is 67.2 cm³/mol. The van der Waals surface area contributed by atoms with E-state index in [4.69, 9.17) is 10.5 Å². The summed E-state index contributed by atoms with van der Waals surface area (Å²) in [5, 5.41) is 2.04. The Bertz CT molecular complexity index is 455. The van der Waals surface area contributed by atoms with Crippen molar-refractivity contribution in [1.82, 2.24) is 0 Å². The summed E-state index contributed by atoms with van der Waals surface area (Å²) in [5.74, 6) is 0.805. The number of rotatable bonds is 3. The summed E-state index contributed by atoms with van der Waals surface area (Å²) in [6.45, 7) is 0.583. The lowest BCUT2D eigenvalue weighted by atomic mass is 10.3. The van der Waals surface area contributed by atoms with Crippen molar-refractivity contribution in [3.05, 3.63) is 45.1 Å². The summed E-state index contributed by atoms with van der Waals surface area (Å²) < 4.78 is 6.69. The minimum absolute atomic E-state index is 0.583. The molecular weight excluding hydrogens is 274 g/mol. The molecule has 2 aromatic rings. The van der Waals surface area contributed by atoms with E-state index >= 15 is 0 Å². The largest absolute Gasteiger partial charge is 0.488 e. The number of nitrogen functional groups attached to an aromatic ring is 1. The summed E-state index contributed by atoms with van der Waals surface area (Å²) in [5.41, 5.74) is 6.37. The number of hydrogen-bond acceptors (Lipinski definition) is 3. The van der Waals surface area contributed by atoms with Gasteiger partial charge in [0.05, 0.1) is 0 Å². The van der Waals surface area contributed by atoms with Crippen LogP contribution in [0.4, 0.5) is 5.69 Å². The van der Waals surface area contributed by atoms with Gasteiger partial charge in [-0.1, -0.05) is 6.07 Å². The van der Waals surface area contributed by atoms with E-state index in [1.54, 1.807) is 11.3 Å². The van der Waals surface area contributed by atoms with Gasteiger partial charge in [-0.15, -0.1) is 11.3 Å².